The van der Waals surface area contributed by atoms with Crippen LogP contribution in [0.1, 0.15) is 10.4 Å². The molecule has 1 aromatic rings. The summed E-state index contributed by atoms with van der Waals surface area (Å²) in [4.78, 5) is 29.5. The Bertz CT molecular complexity index is 590. The number of carboxylic acid groups (broad SMARTS) is 1. The van der Waals surface area contributed by atoms with Crippen molar-refractivity contribution in [1.29, 1.82) is 0 Å². The molecule has 1 aromatic heterocycles. The molecule has 0 saturated carbocycles. The van der Waals surface area contributed by atoms with Crippen molar-refractivity contribution in [2.75, 3.05) is 38.3 Å². The molecule has 2 saturated heterocycles. The Kier molecular flexibility index (Phi) is 3.29. The van der Waals surface area contributed by atoms with Gasteiger partial charge in [-0.3, -0.25) is 4.79 Å². The maximum Gasteiger partial charge on any atom is 0.339 e. The number of aromatic nitrogens is 1. The van der Waals surface area contributed by atoms with Gasteiger partial charge in [-0.1, -0.05) is 0 Å². The van der Waals surface area contributed by atoms with Crippen molar-refractivity contribution in [1.82, 2.24) is 4.98 Å². The van der Waals surface area contributed by atoms with E-state index in [1.54, 1.807) is 12.3 Å². The fourth-order valence-corrected chi connectivity index (χ4v) is 3.20. The van der Waals surface area contributed by atoms with Gasteiger partial charge in [0.2, 0.25) is 0 Å². The van der Waals surface area contributed by atoms with E-state index < -0.39 is 11.4 Å². The summed E-state index contributed by atoms with van der Waals surface area (Å²) in [6, 6.07) is 3.10. The smallest absolute Gasteiger partial charge is 0.339 e. The second-order valence-electron chi connectivity index (χ2n) is 5.42. The van der Waals surface area contributed by atoms with Gasteiger partial charge in [-0.2, -0.15) is 0 Å². The summed E-state index contributed by atoms with van der Waals surface area (Å²) in [5.74, 6) is -0.949. The average molecular weight is 292 g/mol. The summed E-state index contributed by atoms with van der Waals surface area (Å²) in [5.41, 5.74) is -0.583. The lowest BCUT2D eigenvalue weighted by Gasteiger charge is -2.24. The number of rotatable bonds is 3. The zero-order valence-electron chi connectivity index (χ0n) is 11.6. The predicted molar refractivity (Wildman–Crippen MR) is 72.2 cm³/mol. The standard InChI is InChI=1S/C14H16N2O5/c1-20-13(19)14-7-16(5-9(14)6-21-8-14)11-10(12(17)18)3-2-4-15-11/h2-4,9H,5-8H2,1H3,(H,17,18)/t9-,14-/m0/s1. The van der Waals surface area contributed by atoms with Gasteiger partial charge in [-0.25, -0.2) is 9.78 Å². The van der Waals surface area contributed by atoms with Crippen LogP contribution >= 0.6 is 0 Å². The highest BCUT2D eigenvalue weighted by Gasteiger charge is 2.57. The maximum atomic E-state index is 12.1. The second-order valence-corrected chi connectivity index (χ2v) is 5.42. The Hall–Kier alpha value is -2.15. The van der Waals surface area contributed by atoms with Crippen molar-refractivity contribution in [2.24, 2.45) is 11.3 Å². The van der Waals surface area contributed by atoms with Gasteiger partial charge in [0.1, 0.15) is 16.8 Å². The molecule has 2 atom stereocenters. The number of carbonyl (C=O) groups excluding carboxylic acids is 1. The molecule has 112 valence electrons. The van der Waals surface area contributed by atoms with E-state index in [1.165, 1.54) is 13.2 Å². The third kappa shape index (κ3) is 2.04. The number of aromatic carboxylic acids is 1. The van der Waals surface area contributed by atoms with E-state index in [4.69, 9.17) is 9.47 Å². The van der Waals surface area contributed by atoms with Gasteiger partial charge in [-0.15, -0.1) is 0 Å². The number of ether oxygens (including phenoxy) is 2. The van der Waals surface area contributed by atoms with E-state index in [-0.39, 0.29) is 17.5 Å². The van der Waals surface area contributed by atoms with E-state index in [1.807, 2.05) is 4.90 Å². The topological polar surface area (TPSA) is 89.0 Å². The monoisotopic (exact) mass is 292 g/mol. The van der Waals surface area contributed by atoms with Crippen LogP contribution in [0.4, 0.5) is 5.82 Å². The van der Waals surface area contributed by atoms with Gasteiger partial charge in [-0.05, 0) is 12.1 Å². The fourth-order valence-electron chi connectivity index (χ4n) is 3.20. The number of nitrogens with zero attached hydrogens (tertiary/aromatic N) is 2. The molecule has 0 spiro atoms. The van der Waals surface area contributed by atoms with Crippen LogP contribution in [0.25, 0.3) is 0 Å². The molecule has 0 bridgehead atoms. The lowest BCUT2D eigenvalue weighted by Crippen LogP contribution is -2.40. The van der Waals surface area contributed by atoms with Gasteiger partial charge >= 0.3 is 11.9 Å². The van der Waals surface area contributed by atoms with Crippen LogP contribution in [0.2, 0.25) is 0 Å². The molecule has 21 heavy (non-hydrogen) atoms. The normalized spacial score (nSPS) is 27.5. The molecule has 3 rings (SSSR count). The fraction of sp³-hybridized carbons (Fsp3) is 0.500. The second kappa shape index (κ2) is 5.00. The highest BCUT2D eigenvalue weighted by atomic mass is 16.5. The van der Waals surface area contributed by atoms with Crippen molar-refractivity contribution in [3.05, 3.63) is 23.9 Å². The number of methoxy groups -OCH3 is 1. The first-order valence-electron chi connectivity index (χ1n) is 6.68. The SMILES string of the molecule is COC(=O)[C@@]12COC[C@@H]1CN(c1ncccc1C(=O)O)C2. The van der Waals surface area contributed by atoms with E-state index in [2.05, 4.69) is 4.98 Å². The number of carboxylic acids is 1. The molecule has 2 aliphatic heterocycles. The molecular formula is C14H16N2O5. The Morgan fingerprint density at radius 1 is 1.57 bits per heavy atom. The predicted octanol–water partition coefficient (Wildman–Crippen LogP) is 0.406. The summed E-state index contributed by atoms with van der Waals surface area (Å²) in [6.45, 7) is 1.67. The maximum absolute atomic E-state index is 12.1. The number of hydrogen-bond donors (Lipinski definition) is 1. The lowest BCUT2D eigenvalue weighted by molar-refractivity contribution is -0.152. The summed E-state index contributed by atoms with van der Waals surface area (Å²) >= 11 is 0. The number of carbonyl (C=O) groups is 2. The average Bonchev–Trinajstić information content (AvgIpc) is 3.04. The first kappa shape index (κ1) is 13.8. The number of anilines is 1. The molecule has 0 aromatic carbocycles. The Labute approximate surface area is 121 Å². The van der Waals surface area contributed by atoms with Crippen LogP contribution in [-0.4, -0.2) is 55.4 Å². The number of esters is 1. The van der Waals surface area contributed by atoms with Crippen LogP contribution < -0.4 is 4.90 Å². The first-order chi connectivity index (χ1) is 10.1. The molecule has 2 aliphatic rings. The highest BCUT2D eigenvalue weighted by molar-refractivity contribution is 5.93. The van der Waals surface area contributed by atoms with E-state index in [0.717, 1.165) is 0 Å². The molecular weight excluding hydrogens is 276 g/mol. The van der Waals surface area contributed by atoms with Crippen LogP contribution in [0.3, 0.4) is 0 Å². The van der Waals surface area contributed by atoms with Crippen molar-refractivity contribution in [3.63, 3.8) is 0 Å². The molecule has 0 radical (unpaired) electrons. The van der Waals surface area contributed by atoms with Crippen molar-refractivity contribution < 1.29 is 24.2 Å². The van der Waals surface area contributed by atoms with E-state index in [9.17, 15) is 14.7 Å². The minimum Gasteiger partial charge on any atom is -0.478 e. The molecule has 0 aliphatic carbocycles. The largest absolute Gasteiger partial charge is 0.478 e. The molecule has 2 fully saturated rings. The Balaban J connectivity index is 1.94. The van der Waals surface area contributed by atoms with Gasteiger partial charge in [0, 0.05) is 25.2 Å². The molecule has 7 nitrogen and oxygen atoms in total. The quantitative estimate of drug-likeness (QED) is 0.807. The van der Waals surface area contributed by atoms with Gasteiger partial charge < -0.3 is 19.5 Å². The van der Waals surface area contributed by atoms with Crippen molar-refractivity contribution in [3.8, 4) is 0 Å². The Morgan fingerprint density at radius 2 is 2.38 bits per heavy atom. The minimum absolute atomic E-state index is 0.00592. The number of pyridine rings is 1. The van der Waals surface area contributed by atoms with Crippen LogP contribution in [0.15, 0.2) is 18.3 Å². The molecule has 0 amide bonds. The van der Waals surface area contributed by atoms with E-state index in [0.29, 0.717) is 32.1 Å². The highest BCUT2D eigenvalue weighted by Crippen LogP contribution is 2.43. The van der Waals surface area contributed by atoms with E-state index >= 15 is 0 Å². The molecule has 7 heteroatoms. The van der Waals surface area contributed by atoms with Crippen LogP contribution in [0.5, 0.6) is 0 Å². The van der Waals surface area contributed by atoms with Gasteiger partial charge in [0.25, 0.3) is 0 Å². The third-order valence-electron chi connectivity index (χ3n) is 4.28. The minimum atomic E-state index is -1.03. The first-order valence-corrected chi connectivity index (χ1v) is 6.68. The lowest BCUT2D eigenvalue weighted by atomic mass is 9.81. The van der Waals surface area contributed by atoms with Gasteiger partial charge in [0.05, 0.1) is 20.3 Å². The molecule has 0 unspecified atom stereocenters. The summed E-state index contributed by atoms with van der Waals surface area (Å²) in [7, 11) is 1.36. The molecule has 3 heterocycles. The van der Waals surface area contributed by atoms with Crippen LogP contribution in [-0.2, 0) is 14.3 Å². The van der Waals surface area contributed by atoms with Gasteiger partial charge in [0.15, 0.2) is 0 Å². The molecule has 1 N–H and O–H groups in total. The van der Waals surface area contributed by atoms with Crippen molar-refractivity contribution >= 4 is 17.8 Å². The zero-order chi connectivity index (χ0) is 15.0. The third-order valence-corrected chi connectivity index (χ3v) is 4.28. The number of hydrogen-bond acceptors (Lipinski definition) is 6. The summed E-state index contributed by atoms with van der Waals surface area (Å²) in [6.07, 6.45) is 1.55. The van der Waals surface area contributed by atoms with Crippen LogP contribution in [0, 0.1) is 11.3 Å². The van der Waals surface area contributed by atoms with Crippen molar-refractivity contribution in [2.45, 2.75) is 0 Å². The summed E-state index contributed by atoms with van der Waals surface area (Å²) < 4.78 is 10.4. The summed E-state index contributed by atoms with van der Waals surface area (Å²) in [5, 5.41) is 9.27. The number of fused-ring (bicyclic) bond motifs is 1. The Morgan fingerprint density at radius 3 is 3.10 bits per heavy atom. The zero-order valence-corrected chi connectivity index (χ0v) is 11.6.